The fourth-order valence-corrected chi connectivity index (χ4v) is 8.09. The summed E-state index contributed by atoms with van der Waals surface area (Å²) in [6, 6.07) is 57.5. The average molecular weight is 612 g/mol. The van der Waals surface area contributed by atoms with Gasteiger partial charge in [-0.25, -0.2) is 0 Å². The number of para-hydroxylation sites is 3. The van der Waals surface area contributed by atoms with E-state index in [-0.39, 0.29) is 20.1 Å². The van der Waals surface area contributed by atoms with Gasteiger partial charge in [-0.15, -0.1) is 0 Å². The van der Waals surface area contributed by atoms with Crippen molar-refractivity contribution < 1.29 is 14.2 Å². The predicted molar refractivity (Wildman–Crippen MR) is 199 cm³/mol. The SMILES string of the molecule is c1ccc(B2c3ccccc3Oc3c4c(c5c(c32)Oc2ccccc2B5c2ccccc2)B(c2ccccc2)c2ccccc2O4)cc1. The second-order valence-electron chi connectivity index (χ2n) is 12.7. The molecule has 7 aromatic rings. The first-order valence-corrected chi connectivity index (χ1v) is 16.5. The molecule has 3 aliphatic rings. The molecule has 0 radical (unpaired) electrons. The Bertz CT molecular complexity index is 2350. The standard InChI is InChI=1S/C42H27B3O3/c1-4-16-28(17-5-1)43-31-22-10-13-25-34(31)46-40-37(43)38-41(47-35-26-14-11-23-32(35)44(38)29-18-6-2-7-19-29)42-39(40)45(30-20-8-3-9-21-30)33-24-12-15-27-36(33)48-42/h1-27H. The molecule has 0 spiro atoms. The van der Waals surface area contributed by atoms with E-state index in [1.807, 2.05) is 12.1 Å². The van der Waals surface area contributed by atoms with Crippen molar-refractivity contribution in [1.29, 1.82) is 0 Å². The first kappa shape index (κ1) is 27.3. The Hall–Kier alpha value is -5.87. The van der Waals surface area contributed by atoms with Gasteiger partial charge in [-0.1, -0.05) is 162 Å². The second-order valence-corrected chi connectivity index (χ2v) is 12.7. The van der Waals surface area contributed by atoms with Crippen LogP contribution in [0.2, 0.25) is 0 Å². The van der Waals surface area contributed by atoms with Crippen molar-refractivity contribution in [1.82, 2.24) is 0 Å². The van der Waals surface area contributed by atoms with Gasteiger partial charge in [0.05, 0.1) is 0 Å². The van der Waals surface area contributed by atoms with Gasteiger partial charge >= 0.3 is 0 Å². The predicted octanol–water partition coefficient (Wildman–Crippen LogP) is 3.55. The number of hydrogen-bond donors (Lipinski definition) is 0. The van der Waals surface area contributed by atoms with E-state index in [1.54, 1.807) is 0 Å². The number of hydrogen-bond acceptors (Lipinski definition) is 3. The van der Waals surface area contributed by atoms with E-state index in [4.69, 9.17) is 14.2 Å². The van der Waals surface area contributed by atoms with Gasteiger partial charge < -0.3 is 14.2 Å². The zero-order chi connectivity index (χ0) is 31.6. The molecule has 3 heterocycles. The smallest absolute Gasteiger partial charge is 0.256 e. The van der Waals surface area contributed by atoms with E-state index in [0.29, 0.717) is 0 Å². The summed E-state index contributed by atoms with van der Waals surface area (Å²) in [6.07, 6.45) is 0. The molecule has 10 rings (SSSR count). The lowest BCUT2D eigenvalue weighted by atomic mass is 9.26. The third-order valence-electron chi connectivity index (χ3n) is 10.1. The molecule has 0 N–H and O–H groups in total. The molecule has 0 aliphatic carbocycles. The maximum atomic E-state index is 7.20. The van der Waals surface area contributed by atoms with Gasteiger partial charge in [-0.3, -0.25) is 0 Å². The minimum absolute atomic E-state index is 0.0983. The molecule has 0 aromatic heterocycles. The lowest BCUT2D eigenvalue weighted by Crippen LogP contribution is -2.69. The first-order chi connectivity index (χ1) is 23.8. The van der Waals surface area contributed by atoms with Crippen molar-refractivity contribution >= 4 is 69.3 Å². The van der Waals surface area contributed by atoms with Gasteiger partial charge in [0.15, 0.2) is 11.5 Å². The topological polar surface area (TPSA) is 27.7 Å². The van der Waals surface area contributed by atoms with E-state index < -0.39 is 0 Å². The van der Waals surface area contributed by atoms with Crippen LogP contribution in [0, 0.1) is 0 Å². The highest BCUT2D eigenvalue weighted by molar-refractivity contribution is 7.07. The first-order valence-electron chi connectivity index (χ1n) is 16.5. The van der Waals surface area contributed by atoms with Crippen LogP contribution in [-0.4, -0.2) is 20.1 Å². The summed E-state index contributed by atoms with van der Waals surface area (Å²) in [5.41, 5.74) is 10.1. The average Bonchev–Trinajstić information content (AvgIpc) is 3.16. The van der Waals surface area contributed by atoms with E-state index in [0.717, 1.165) is 67.3 Å². The summed E-state index contributed by atoms with van der Waals surface area (Å²) in [5.74, 6) is 4.86. The van der Waals surface area contributed by atoms with Crippen LogP contribution in [0.15, 0.2) is 164 Å². The van der Waals surface area contributed by atoms with E-state index in [9.17, 15) is 0 Å². The van der Waals surface area contributed by atoms with Gasteiger partial charge in [0, 0.05) is 5.46 Å². The Labute approximate surface area is 281 Å². The summed E-state index contributed by atoms with van der Waals surface area (Å²) in [7, 11) is 0. The lowest BCUT2D eigenvalue weighted by molar-refractivity contribution is 0.419. The minimum atomic E-state index is -0.136. The molecule has 0 fully saturated rings. The van der Waals surface area contributed by atoms with Crippen LogP contribution in [0.25, 0.3) is 0 Å². The van der Waals surface area contributed by atoms with Crippen LogP contribution in [0.5, 0.6) is 34.5 Å². The highest BCUT2D eigenvalue weighted by Gasteiger charge is 2.48. The fraction of sp³-hybridized carbons (Fsp3) is 0. The molecule has 7 aromatic carbocycles. The second kappa shape index (κ2) is 10.9. The van der Waals surface area contributed by atoms with Crippen molar-refractivity contribution in [3.63, 3.8) is 0 Å². The molecule has 0 atom stereocenters. The Morgan fingerprint density at radius 3 is 0.979 bits per heavy atom. The third kappa shape index (κ3) is 4.05. The molecule has 6 heteroatoms. The van der Waals surface area contributed by atoms with E-state index >= 15 is 0 Å². The molecule has 0 saturated carbocycles. The van der Waals surface area contributed by atoms with Gasteiger partial charge in [0.25, 0.3) is 13.4 Å². The molecule has 222 valence electrons. The van der Waals surface area contributed by atoms with Crippen molar-refractivity contribution in [3.8, 4) is 34.5 Å². The Morgan fingerprint density at radius 2 is 0.562 bits per heavy atom. The van der Waals surface area contributed by atoms with Crippen LogP contribution >= 0.6 is 0 Å². The maximum Gasteiger partial charge on any atom is 0.256 e. The molecule has 3 nitrogen and oxygen atoms in total. The molecule has 3 aliphatic heterocycles. The van der Waals surface area contributed by atoms with Gasteiger partial charge in [0.2, 0.25) is 6.71 Å². The quantitative estimate of drug-likeness (QED) is 0.286. The maximum absolute atomic E-state index is 7.20. The van der Waals surface area contributed by atoms with Crippen molar-refractivity contribution in [3.05, 3.63) is 164 Å². The molecule has 0 unspecified atom stereocenters. The lowest BCUT2D eigenvalue weighted by Gasteiger charge is -2.39. The van der Waals surface area contributed by atoms with Crippen molar-refractivity contribution in [2.75, 3.05) is 0 Å². The molecule has 48 heavy (non-hydrogen) atoms. The number of ether oxygens (including phenoxy) is 3. The minimum Gasteiger partial charge on any atom is -0.459 e. The van der Waals surface area contributed by atoms with Gasteiger partial charge in [0.1, 0.15) is 23.0 Å². The number of rotatable bonds is 3. The summed E-state index contributed by atoms with van der Waals surface area (Å²) >= 11 is 0. The summed E-state index contributed by atoms with van der Waals surface area (Å²) in [5, 5.41) is 0. The van der Waals surface area contributed by atoms with E-state index in [1.165, 1.54) is 16.4 Å². The molecular formula is C42H27B3O3. The monoisotopic (exact) mass is 612 g/mol. The highest BCUT2D eigenvalue weighted by Crippen LogP contribution is 2.41. The largest absolute Gasteiger partial charge is 0.459 e. The highest BCUT2D eigenvalue weighted by atomic mass is 16.5. The third-order valence-corrected chi connectivity index (χ3v) is 10.1. The number of fused-ring (bicyclic) bond motifs is 9. The van der Waals surface area contributed by atoms with Gasteiger partial charge in [-0.2, -0.15) is 0 Å². The summed E-state index contributed by atoms with van der Waals surface area (Å²) in [4.78, 5) is 0. The van der Waals surface area contributed by atoms with Crippen LogP contribution in [0.4, 0.5) is 0 Å². The molecule has 0 amide bonds. The van der Waals surface area contributed by atoms with Crippen LogP contribution < -0.4 is 63.4 Å². The Balaban J connectivity index is 1.38. The van der Waals surface area contributed by atoms with Crippen molar-refractivity contribution in [2.24, 2.45) is 0 Å². The van der Waals surface area contributed by atoms with Crippen LogP contribution in [0.3, 0.4) is 0 Å². The Kier molecular flexibility index (Phi) is 6.17. The van der Waals surface area contributed by atoms with Crippen molar-refractivity contribution in [2.45, 2.75) is 0 Å². The van der Waals surface area contributed by atoms with Gasteiger partial charge in [-0.05, 0) is 45.5 Å². The molecule has 0 bridgehead atoms. The molecule has 0 saturated heterocycles. The normalized spacial score (nSPS) is 13.4. The zero-order valence-corrected chi connectivity index (χ0v) is 26.0. The van der Waals surface area contributed by atoms with E-state index in [2.05, 4.69) is 152 Å². The van der Waals surface area contributed by atoms with Crippen LogP contribution in [0.1, 0.15) is 0 Å². The zero-order valence-electron chi connectivity index (χ0n) is 26.0. The Morgan fingerprint density at radius 1 is 0.271 bits per heavy atom. The summed E-state index contributed by atoms with van der Waals surface area (Å²) < 4.78 is 21.3. The fourth-order valence-electron chi connectivity index (χ4n) is 8.09. The van der Waals surface area contributed by atoms with Crippen LogP contribution in [-0.2, 0) is 0 Å². The molecular weight excluding hydrogens is 585 g/mol. The number of benzene rings is 7. The summed E-state index contributed by atoms with van der Waals surface area (Å²) in [6.45, 7) is -0.345.